The molecule has 1 aromatic rings. The molecule has 0 aromatic heterocycles. The number of aromatic hydroxyl groups is 1. The zero-order chi connectivity index (χ0) is 14.3. The third-order valence-corrected chi connectivity index (χ3v) is 2.72. The van der Waals surface area contributed by atoms with Crippen molar-refractivity contribution in [1.29, 1.82) is 0 Å². The van der Waals surface area contributed by atoms with Gasteiger partial charge in [-0.15, -0.1) is 0 Å². The van der Waals surface area contributed by atoms with Crippen molar-refractivity contribution in [1.82, 2.24) is 0 Å². The van der Waals surface area contributed by atoms with Gasteiger partial charge >= 0.3 is 0 Å². The normalized spacial score (nSPS) is 14.5. The lowest BCUT2D eigenvalue weighted by Gasteiger charge is -2.04. The monoisotopic (exact) mass is 262 g/mol. The van der Waals surface area contributed by atoms with Gasteiger partial charge < -0.3 is 10.2 Å². The van der Waals surface area contributed by atoms with Gasteiger partial charge in [-0.25, -0.2) is 0 Å². The predicted octanol–water partition coefficient (Wildman–Crippen LogP) is 2.43. The van der Waals surface area contributed by atoms with Crippen molar-refractivity contribution < 1.29 is 10.2 Å². The summed E-state index contributed by atoms with van der Waals surface area (Å²) in [6.07, 6.45) is 0.248. The third-order valence-electron chi connectivity index (χ3n) is 2.72. The molecule has 0 aliphatic rings. The van der Waals surface area contributed by atoms with Crippen molar-refractivity contribution in [2.24, 2.45) is 9.98 Å². The smallest absolute Gasteiger partial charge is 0.124 e. The average molecular weight is 262 g/mol. The van der Waals surface area contributed by atoms with E-state index in [9.17, 15) is 10.2 Å². The molecule has 0 spiro atoms. The quantitative estimate of drug-likeness (QED) is 0.611. The molecular weight excluding hydrogens is 240 g/mol. The molecule has 0 radical (unpaired) electrons. The summed E-state index contributed by atoms with van der Waals surface area (Å²) in [4.78, 5) is 8.73. The van der Waals surface area contributed by atoms with E-state index in [1.54, 1.807) is 19.1 Å². The summed E-state index contributed by atoms with van der Waals surface area (Å²) in [5.74, 6) is 0.248. The highest BCUT2D eigenvalue weighted by molar-refractivity contribution is 6.00. The van der Waals surface area contributed by atoms with E-state index in [1.165, 1.54) is 0 Å². The number of benzene rings is 1. The molecular formula is C15H22N2O2. The Morgan fingerprint density at radius 2 is 1.79 bits per heavy atom. The maximum Gasteiger partial charge on any atom is 0.124 e. The number of hydrogen-bond donors (Lipinski definition) is 2. The zero-order valence-corrected chi connectivity index (χ0v) is 11.8. The standard InChI is InChI=1S/C15H22N2O2/c1-11(10-12(2)18)16-8-9-17-13(3)14-6-4-5-7-15(14)19/h4-7,12,18-19H,8-10H2,1-3H3. The van der Waals surface area contributed by atoms with Crippen LogP contribution in [0.2, 0.25) is 0 Å². The van der Waals surface area contributed by atoms with Crippen LogP contribution >= 0.6 is 0 Å². The second-order valence-electron chi connectivity index (χ2n) is 4.65. The molecule has 0 heterocycles. The Balaban J connectivity index is 2.52. The van der Waals surface area contributed by atoms with Gasteiger partial charge in [-0.3, -0.25) is 9.98 Å². The van der Waals surface area contributed by atoms with Crippen molar-refractivity contribution in [3.05, 3.63) is 29.8 Å². The van der Waals surface area contributed by atoms with Crippen LogP contribution in [0.3, 0.4) is 0 Å². The minimum atomic E-state index is -0.352. The number of phenols is 1. The molecule has 2 N–H and O–H groups in total. The third kappa shape index (κ3) is 5.66. The molecule has 0 fully saturated rings. The maximum absolute atomic E-state index is 9.69. The molecule has 4 nitrogen and oxygen atoms in total. The molecule has 0 aliphatic heterocycles. The average Bonchev–Trinajstić information content (AvgIpc) is 2.34. The first kappa shape index (κ1) is 15.4. The topological polar surface area (TPSA) is 65.2 Å². The highest BCUT2D eigenvalue weighted by Gasteiger charge is 2.02. The molecule has 104 valence electrons. The minimum Gasteiger partial charge on any atom is -0.507 e. The number of para-hydroxylation sites is 1. The number of nitrogens with zero attached hydrogens (tertiary/aromatic N) is 2. The van der Waals surface area contributed by atoms with Crippen LogP contribution in [0.15, 0.2) is 34.3 Å². The fourth-order valence-electron chi connectivity index (χ4n) is 1.82. The molecule has 19 heavy (non-hydrogen) atoms. The Bertz CT molecular complexity index is 465. The first-order chi connectivity index (χ1) is 9.00. The van der Waals surface area contributed by atoms with Gasteiger partial charge in [0.25, 0.3) is 0 Å². The minimum absolute atomic E-state index is 0.248. The Kier molecular flexibility index (Phi) is 6.22. The van der Waals surface area contributed by atoms with Gasteiger partial charge in [-0.2, -0.15) is 0 Å². The fraction of sp³-hybridized carbons (Fsp3) is 0.467. The van der Waals surface area contributed by atoms with Gasteiger partial charge in [0.1, 0.15) is 5.75 Å². The van der Waals surface area contributed by atoms with Crippen LogP contribution in [-0.2, 0) is 0 Å². The SMILES string of the molecule is CC(CC(C)O)=NCCN=C(C)c1ccccc1O. The summed E-state index contributed by atoms with van der Waals surface area (Å²) in [7, 11) is 0. The lowest BCUT2D eigenvalue weighted by molar-refractivity contribution is 0.203. The van der Waals surface area contributed by atoms with E-state index in [0.29, 0.717) is 19.5 Å². The van der Waals surface area contributed by atoms with E-state index in [4.69, 9.17) is 0 Å². The number of rotatable bonds is 6. The zero-order valence-electron chi connectivity index (χ0n) is 11.8. The molecule has 0 saturated heterocycles. The first-order valence-corrected chi connectivity index (χ1v) is 6.48. The molecule has 1 rings (SSSR count). The van der Waals surface area contributed by atoms with Crippen LogP contribution < -0.4 is 0 Å². The van der Waals surface area contributed by atoms with Crippen molar-refractivity contribution in [2.45, 2.75) is 33.3 Å². The van der Waals surface area contributed by atoms with Gasteiger partial charge in [0.05, 0.1) is 19.2 Å². The Morgan fingerprint density at radius 1 is 1.16 bits per heavy atom. The molecule has 0 aliphatic carbocycles. The Hall–Kier alpha value is -1.68. The number of phenolic OH excluding ortho intramolecular Hbond substituents is 1. The summed E-state index contributed by atoms with van der Waals surface area (Å²) in [5, 5.41) is 18.9. The second-order valence-corrected chi connectivity index (χ2v) is 4.65. The van der Waals surface area contributed by atoms with Gasteiger partial charge in [-0.05, 0) is 32.9 Å². The largest absolute Gasteiger partial charge is 0.507 e. The van der Waals surface area contributed by atoms with Crippen molar-refractivity contribution in [2.75, 3.05) is 13.1 Å². The summed E-state index contributed by atoms with van der Waals surface area (Å²) in [5.41, 5.74) is 2.50. The fourth-order valence-corrected chi connectivity index (χ4v) is 1.82. The van der Waals surface area contributed by atoms with E-state index in [2.05, 4.69) is 9.98 Å². The summed E-state index contributed by atoms with van der Waals surface area (Å²) < 4.78 is 0. The molecule has 0 saturated carbocycles. The van der Waals surface area contributed by atoms with Crippen molar-refractivity contribution in [3.8, 4) is 5.75 Å². The van der Waals surface area contributed by atoms with E-state index in [0.717, 1.165) is 17.0 Å². The molecule has 1 aromatic carbocycles. The van der Waals surface area contributed by atoms with Crippen LogP contribution in [0.5, 0.6) is 5.75 Å². The maximum atomic E-state index is 9.69. The lowest BCUT2D eigenvalue weighted by atomic mass is 10.1. The number of aliphatic imine (C=N–C) groups is 2. The van der Waals surface area contributed by atoms with E-state index in [-0.39, 0.29) is 11.9 Å². The lowest BCUT2D eigenvalue weighted by Crippen LogP contribution is -2.07. The molecule has 4 heteroatoms. The van der Waals surface area contributed by atoms with Crippen molar-refractivity contribution >= 4 is 11.4 Å². The van der Waals surface area contributed by atoms with Gasteiger partial charge in [0, 0.05) is 23.4 Å². The second kappa shape index (κ2) is 7.69. The van der Waals surface area contributed by atoms with E-state index < -0.39 is 0 Å². The number of aliphatic hydroxyl groups is 1. The van der Waals surface area contributed by atoms with Gasteiger partial charge in [0.15, 0.2) is 0 Å². The van der Waals surface area contributed by atoms with Gasteiger partial charge in [0.2, 0.25) is 0 Å². The van der Waals surface area contributed by atoms with Crippen LogP contribution in [0, 0.1) is 0 Å². The number of hydrogen-bond acceptors (Lipinski definition) is 4. The van der Waals surface area contributed by atoms with E-state index in [1.807, 2.05) is 26.0 Å². The van der Waals surface area contributed by atoms with E-state index >= 15 is 0 Å². The highest BCUT2D eigenvalue weighted by atomic mass is 16.3. The van der Waals surface area contributed by atoms with Crippen LogP contribution in [0.1, 0.15) is 32.8 Å². The molecule has 1 unspecified atom stereocenters. The van der Waals surface area contributed by atoms with Crippen LogP contribution in [0.25, 0.3) is 0 Å². The summed E-state index contributed by atoms with van der Waals surface area (Å²) in [6.45, 7) is 6.72. The van der Waals surface area contributed by atoms with Gasteiger partial charge in [-0.1, -0.05) is 12.1 Å². The summed E-state index contributed by atoms with van der Waals surface area (Å²) in [6, 6.07) is 7.16. The predicted molar refractivity (Wildman–Crippen MR) is 79.5 cm³/mol. The first-order valence-electron chi connectivity index (χ1n) is 6.48. The van der Waals surface area contributed by atoms with Crippen LogP contribution in [-0.4, -0.2) is 40.8 Å². The van der Waals surface area contributed by atoms with Crippen LogP contribution in [0.4, 0.5) is 0 Å². The Morgan fingerprint density at radius 3 is 2.42 bits per heavy atom. The summed E-state index contributed by atoms with van der Waals surface area (Å²) >= 11 is 0. The molecule has 0 bridgehead atoms. The number of aliphatic hydroxyl groups excluding tert-OH is 1. The highest BCUT2D eigenvalue weighted by Crippen LogP contribution is 2.16. The van der Waals surface area contributed by atoms with Crippen molar-refractivity contribution in [3.63, 3.8) is 0 Å². The molecule has 1 atom stereocenters. The Labute approximate surface area is 114 Å². The molecule has 0 amide bonds.